The van der Waals surface area contributed by atoms with Gasteiger partial charge in [-0.15, -0.1) is 0 Å². The Morgan fingerprint density at radius 1 is 1.19 bits per heavy atom. The fourth-order valence-electron chi connectivity index (χ4n) is 3.35. The highest BCUT2D eigenvalue weighted by Gasteiger charge is 2.30. The quantitative estimate of drug-likeness (QED) is 0.775. The van der Waals surface area contributed by atoms with Crippen LogP contribution in [0.3, 0.4) is 0 Å². The highest BCUT2D eigenvalue weighted by Crippen LogP contribution is 2.26. The van der Waals surface area contributed by atoms with Gasteiger partial charge in [-0.25, -0.2) is 0 Å². The van der Waals surface area contributed by atoms with Crippen LogP contribution >= 0.6 is 0 Å². The van der Waals surface area contributed by atoms with Crippen molar-refractivity contribution in [3.05, 3.63) is 0 Å². The molecular weight excluding hydrogens is 196 g/mol. The molecule has 16 heavy (non-hydrogen) atoms. The largest absolute Gasteiger partial charge is 0.314 e. The standard InChI is InChI=1S/C14H28N2/c1-14(2,3)11-16-9-5-6-12(10-16)13-7-4-8-15-13/h12-13,15H,4-11H2,1-3H3. The summed E-state index contributed by atoms with van der Waals surface area (Å²) in [4.78, 5) is 2.69. The summed E-state index contributed by atoms with van der Waals surface area (Å²) in [5, 5.41) is 3.68. The maximum Gasteiger partial charge on any atom is 0.0108 e. The second-order valence-corrected chi connectivity index (χ2v) is 6.90. The Bertz CT molecular complexity index is 213. The third kappa shape index (κ3) is 3.46. The molecule has 2 aliphatic heterocycles. The molecule has 2 unspecified atom stereocenters. The van der Waals surface area contributed by atoms with E-state index in [-0.39, 0.29) is 0 Å². The second kappa shape index (κ2) is 5.05. The number of nitrogens with one attached hydrogen (secondary N) is 1. The van der Waals surface area contributed by atoms with E-state index >= 15 is 0 Å². The third-order valence-corrected chi connectivity index (χ3v) is 3.91. The number of nitrogens with zero attached hydrogens (tertiary/aromatic N) is 1. The molecule has 2 atom stereocenters. The molecular formula is C14H28N2. The zero-order valence-corrected chi connectivity index (χ0v) is 11.3. The molecule has 0 bridgehead atoms. The molecule has 2 heteroatoms. The van der Waals surface area contributed by atoms with Gasteiger partial charge in [-0.05, 0) is 50.1 Å². The molecule has 94 valence electrons. The lowest BCUT2D eigenvalue weighted by molar-refractivity contribution is 0.113. The molecule has 0 aromatic carbocycles. The Hall–Kier alpha value is -0.0800. The summed E-state index contributed by atoms with van der Waals surface area (Å²) in [7, 11) is 0. The predicted octanol–water partition coefficient (Wildman–Crippen LogP) is 2.50. The second-order valence-electron chi connectivity index (χ2n) is 6.90. The van der Waals surface area contributed by atoms with Crippen molar-refractivity contribution in [2.24, 2.45) is 11.3 Å². The van der Waals surface area contributed by atoms with E-state index < -0.39 is 0 Å². The monoisotopic (exact) mass is 224 g/mol. The van der Waals surface area contributed by atoms with Crippen molar-refractivity contribution in [1.29, 1.82) is 0 Å². The van der Waals surface area contributed by atoms with E-state index in [2.05, 4.69) is 31.0 Å². The van der Waals surface area contributed by atoms with Crippen LogP contribution in [0.25, 0.3) is 0 Å². The summed E-state index contributed by atoms with van der Waals surface area (Å²) in [6.07, 6.45) is 5.64. The van der Waals surface area contributed by atoms with E-state index in [1.165, 1.54) is 51.9 Å². The number of rotatable bonds is 2. The molecule has 0 radical (unpaired) electrons. The molecule has 2 aliphatic rings. The Labute approximate surface area is 101 Å². The van der Waals surface area contributed by atoms with Gasteiger partial charge >= 0.3 is 0 Å². The molecule has 2 rings (SSSR count). The summed E-state index contributed by atoms with van der Waals surface area (Å²) in [5.41, 5.74) is 0.449. The van der Waals surface area contributed by atoms with Crippen molar-refractivity contribution in [3.63, 3.8) is 0 Å². The van der Waals surface area contributed by atoms with Gasteiger partial charge in [0.2, 0.25) is 0 Å². The Morgan fingerprint density at radius 3 is 2.62 bits per heavy atom. The topological polar surface area (TPSA) is 15.3 Å². The van der Waals surface area contributed by atoms with E-state index in [0.717, 1.165) is 12.0 Å². The molecule has 2 heterocycles. The van der Waals surface area contributed by atoms with Crippen LogP contribution in [0.15, 0.2) is 0 Å². The molecule has 1 N–H and O–H groups in total. The Morgan fingerprint density at radius 2 is 2.00 bits per heavy atom. The Kier molecular flexibility index (Phi) is 3.91. The highest BCUT2D eigenvalue weighted by molar-refractivity contribution is 4.87. The highest BCUT2D eigenvalue weighted by atomic mass is 15.1. The number of hydrogen-bond acceptors (Lipinski definition) is 2. The van der Waals surface area contributed by atoms with Crippen LogP contribution in [-0.4, -0.2) is 37.1 Å². The predicted molar refractivity (Wildman–Crippen MR) is 69.6 cm³/mol. The van der Waals surface area contributed by atoms with Crippen LogP contribution in [0.5, 0.6) is 0 Å². The van der Waals surface area contributed by atoms with Gasteiger partial charge in [-0.2, -0.15) is 0 Å². The van der Waals surface area contributed by atoms with Gasteiger partial charge < -0.3 is 10.2 Å². The van der Waals surface area contributed by atoms with E-state index in [1.54, 1.807) is 0 Å². The normalized spacial score (nSPS) is 33.2. The minimum Gasteiger partial charge on any atom is -0.314 e. The minimum atomic E-state index is 0.449. The van der Waals surface area contributed by atoms with Crippen molar-refractivity contribution in [3.8, 4) is 0 Å². The maximum atomic E-state index is 3.68. The van der Waals surface area contributed by atoms with Crippen LogP contribution in [0, 0.1) is 11.3 Å². The number of likely N-dealkylation sites (tertiary alicyclic amines) is 1. The van der Waals surface area contributed by atoms with Crippen molar-refractivity contribution in [2.45, 2.75) is 52.5 Å². The van der Waals surface area contributed by atoms with Gasteiger partial charge in [0.05, 0.1) is 0 Å². The van der Waals surface area contributed by atoms with Gasteiger partial charge in [0.15, 0.2) is 0 Å². The van der Waals surface area contributed by atoms with Gasteiger partial charge in [0.1, 0.15) is 0 Å². The molecule has 2 saturated heterocycles. The van der Waals surface area contributed by atoms with E-state index in [1.807, 2.05) is 0 Å². The average Bonchev–Trinajstić information content (AvgIpc) is 2.68. The zero-order valence-electron chi connectivity index (χ0n) is 11.3. The lowest BCUT2D eigenvalue weighted by atomic mass is 9.88. The summed E-state index contributed by atoms with van der Waals surface area (Å²) in [5.74, 6) is 0.915. The fourth-order valence-corrected chi connectivity index (χ4v) is 3.35. The number of hydrogen-bond donors (Lipinski definition) is 1. The molecule has 0 aromatic rings. The van der Waals surface area contributed by atoms with E-state index in [9.17, 15) is 0 Å². The molecule has 2 fully saturated rings. The van der Waals surface area contributed by atoms with E-state index in [4.69, 9.17) is 0 Å². The van der Waals surface area contributed by atoms with Crippen LogP contribution < -0.4 is 5.32 Å². The maximum absolute atomic E-state index is 3.68. The first-order valence-electron chi connectivity index (χ1n) is 7.00. The van der Waals surface area contributed by atoms with Crippen molar-refractivity contribution >= 4 is 0 Å². The Balaban J connectivity index is 1.83. The van der Waals surface area contributed by atoms with Crippen LogP contribution in [0.1, 0.15) is 46.5 Å². The van der Waals surface area contributed by atoms with Gasteiger partial charge in [-0.3, -0.25) is 0 Å². The van der Waals surface area contributed by atoms with E-state index in [0.29, 0.717) is 5.41 Å². The molecule has 0 saturated carbocycles. The van der Waals surface area contributed by atoms with Gasteiger partial charge in [-0.1, -0.05) is 20.8 Å². The minimum absolute atomic E-state index is 0.449. The lowest BCUT2D eigenvalue weighted by Gasteiger charge is -2.38. The third-order valence-electron chi connectivity index (χ3n) is 3.91. The molecule has 0 aliphatic carbocycles. The SMILES string of the molecule is CC(C)(C)CN1CCCC(C2CCCN2)C1. The first-order chi connectivity index (χ1) is 7.54. The fraction of sp³-hybridized carbons (Fsp3) is 1.00. The van der Waals surface area contributed by atoms with Crippen molar-refractivity contribution in [1.82, 2.24) is 10.2 Å². The summed E-state index contributed by atoms with van der Waals surface area (Å²) < 4.78 is 0. The first kappa shape index (κ1) is 12.4. The summed E-state index contributed by atoms with van der Waals surface area (Å²) >= 11 is 0. The zero-order chi connectivity index (χ0) is 11.6. The molecule has 0 aromatic heterocycles. The van der Waals surface area contributed by atoms with Crippen molar-refractivity contribution < 1.29 is 0 Å². The lowest BCUT2D eigenvalue weighted by Crippen LogP contribution is -2.45. The molecule has 0 spiro atoms. The van der Waals surface area contributed by atoms with Crippen LogP contribution in [0.4, 0.5) is 0 Å². The van der Waals surface area contributed by atoms with Gasteiger partial charge in [0.25, 0.3) is 0 Å². The van der Waals surface area contributed by atoms with Crippen LogP contribution in [0.2, 0.25) is 0 Å². The van der Waals surface area contributed by atoms with Gasteiger partial charge in [0, 0.05) is 19.1 Å². The summed E-state index contributed by atoms with van der Waals surface area (Å²) in [6.45, 7) is 12.2. The molecule has 0 amide bonds. The van der Waals surface area contributed by atoms with Crippen molar-refractivity contribution in [2.75, 3.05) is 26.2 Å². The first-order valence-corrected chi connectivity index (χ1v) is 7.00. The molecule has 2 nitrogen and oxygen atoms in total. The van der Waals surface area contributed by atoms with Crippen LogP contribution in [-0.2, 0) is 0 Å². The average molecular weight is 224 g/mol. The number of piperidine rings is 1. The summed E-state index contributed by atoms with van der Waals surface area (Å²) in [6, 6.07) is 0.822. The smallest absolute Gasteiger partial charge is 0.0108 e.